The number of nitrogens with one attached hydrogen (secondary N) is 1. The molecular weight excluding hydrogens is 308 g/mol. The highest BCUT2D eigenvalue weighted by molar-refractivity contribution is 7.22. The minimum absolute atomic E-state index is 0.0549. The van der Waals surface area contributed by atoms with Crippen LogP contribution in [0.5, 0.6) is 5.75 Å². The number of hydrogen-bond donors (Lipinski definition) is 1. The van der Waals surface area contributed by atoms with Crippen LogP contribution in [-0.4, -0.2) is 24.4 Å². The lowest BCUT2D eigenvalue weighted by molar-refractivity contribution is 0.101. The lowest BCUT2D eigenvalue weighted by Gasteiger charge is -2.05. The summed E-state index contributed by atoms with van der Waals surface area (Å²) in [5.41, 5.74) is 3.86. The number of ketones is 1. The maximum atomic E-state index is 12.3. The molecule has 0 saturated carbocycles. The van der Waals surface area contributed by atoms with Crippen LogP contribution in [0.1, 0.15) is 21.5 Å². The smallest absolute Gasteiger partial charge is 0.184 e. The molecule has 0 aliphatic heterocycles. The van der Waals surface area contributed by atoms with Crippen LogP contribution in [0.25, 0.3) is 10.2 Å². The fraction of sp³-hybridized carbons (Fsp3) is 0.222. The molecule has 3 aromatic rings. The first-order valence-corrected chi connectivity index (χ1v) is 8.18. The lowest BCUT2D eigenvalue weighted by Crippen LogP contribution is -2.14. The Balaban J connectivity index is 1.75. The number of methoxy groups -OCH3 is 1. The number of aromatic nitrogens is 1. The van der Waals surface area contributed by atoms with Crippen LogP contribution in [0.2, 0.25) is 0 Å². The summed E-state index contributed by atoms with van der Waals surface area (Å²) in [5.74, 6) is 0.798. The van der Waals surface area contributed by atoms with Crippen LogP contribution in [0.3, 0.4) is 0 Å². The zero-order chi connectivity index (χ0) is 16.4. The number of Topliss-reactive ketones (excluding diaryl/α,β-unsaturated/α-hetero) is 1. The van der Waals surface area contributed by atoms with E-state index in [0.717, 1.165) is 32.2 Å². The number of ether oxygens (including phenoxy) is 1. The quantitative estimate of drug-likeness (QED) is 0.713. The van der Waals surface area contributed by atoms with E-state index < -0.39 is 0 Å². The van der Waals surface area contributed by atoms with Crippen molar-refractivity contribution in [3.05, 3.63) is 53.1 Å². The molecule has 0 spiro atoms. The predicted molar refractivity (Wildman–Crippen MR) is 94.9 cm³/mol. The highest BCUT2D eigenvalue weighted by atomic mass is 32.1. The van der Waals surface area contributed by atoms with Gasteiger partial charge >= 0.3 is 0 Å². The maximum absolute atomic E-state index is 12.3. The Bertz CT molecular complexity index is 871. The Morgan fingerprint density at radius 1 is 1.22 bits per heavy atom. The number of anilines is 1. The van der Waals surface area contributed by atoms with Crippen molar-refractivity contribution in [2.75, 3.05) is 19.0 Å². The molecule has 4 nitrogen and oxygen atoms in total. The first-order chi connectivity index (χ1) is 11.1. The summed E-state index contributed by atoms with van der Waals surface area (Å²) in [6.07, 6.45) is 0. The molecule has 118 valence electrons. The molecular formula is C18H18N2O2S. The highest BCUT2D eigenvalue weighted by Crippen LogP contribution is 2.31. The highest BCUT2D eigenvalue weighted by Gasteiger charge is 2.11. The average Bonchev–Trinajstić information content (AvgIpc) is 2.98. The van der Waals surface area contributed by atoms with Crippen molar-refractivity contribution in [2.45, 2.75) is 13.8 Å². The van der Waals surface area contributed by atoms with Crippen LogP contribution in [0, 0.1) is 13.8 Å². The number of thiazole rings is 1. The van der Waals surface area contributed by atoms with Crippen LogP contribution in [0.4, 0.5) is 5.13 Å². The standard InChI is InChI=1S/C18H18N2O2S/c1-11-7-8-13(9-12(11)2)14(21)10-19-18-20-17-15(22-3)5-4-6-16(17)23-18/h4-9H,10H2,1-3H3,(H,19,20). The molecule has 1 aromatic heterocycles. The van der Waals surface area contributed by atoms with Gasteiger partial charge in [-0.2, -0.15) is 0 Å². The van der Waals surface area contributed by atoms with Gasteiger partial charge < -0.3 is 10.1 Å². The van der Waals surface area contributed by atoms with E-state index in [2.05, 4.69) is 10.3 Å². The Morgan fingerprint density at radius 2 is 2.04 bits per heavy atom. The molecule has 5 heteroatoms. The molecule has 0 aliphatic carbocycles. The van der Waals surface area contributed by atoms with Gasteiger partial charge in [-0.25, -0.2) is 4.98 Å². The number of para-hydroxylation sites is 1. The molecule has 0 unspecified atom stereocenters. The van der Waals surface area contributed by atoms with Crippen molar-refractivity contribution in [1.29, 1.82) is 0 Å². The number of hydrogen-bond acceptors (Lipinski definition) is 5. The van der Waals surface area contributed by atoms with Gasteiger partial charge in [0.25, 0.3) is 0 Å². The van der Waals surface area contributed by atoms with Crippen molar-refractivity contribution in [3.63, 3.8) is 0 Å². The topological polar surface area (TPSA) is 51.2 Å². The van der Waals surface area contributed by atoms with E-state index >= 15 is 0 Å². The first-order valence-electron chi connectivity index (χ1n) is 7.36. The summed E-state index contributed by atoms with van der Waals surface area (Å²) in [5, 5.41) is 3.84. The maximum Gasteiger partial charge on any atom is 0.184 e. The SMILES string of the molecule is COc1cccc2sc(NCC(=O)c3ccc(C)c(C)c3)nc12. The van der Waals surface area contributed by atoms with E-state index in [1.54, 1.807) is 7.11 Å². The van der Waals surface area contributed by atoms with Crippen LogP contribution >= 0.6 is 11.3 Å². The third-order valence-corrected chi connectivity index (χ3v) is 4.81. The lowest BCUT2D eigenvalue weighted by atomic mass is 10.0. The number of nitrogens with zero attached hydrogens (tertiary/aromatic N) is 1. The van der Waals surface area contributed by atoms with Gasteiger partial charge in [-0.1, -0.05) is 29.5 Å². The second kappa shape index (κ2) is 6.38. The third kappa shape index (κ3) is 3.19. The number of rotatable bonds is 5. The normalized spacial score (nSPS) is 10.7. The summed E-state index contributed by atoms with van der Waals surface area (Å²) < 4.78 is 6.34. The molecule has 0 atom stereocenters. The van der Waals surface area contributed by atoms with Crippen molar-refractivity contribution >= 4 is 32.5 Å². The van der Waals surface area contributed by atoms with Crippen molar-refractivity contribution in [2.24, 2.45) is 0 Å². The van der Waals surface area contributed by atoms with Gasteiger partial charge in [0, 0.05) is 5.56 Å². The monoisotopic (exact) mass is 326 g/mol. The molecule has 0 saturated heterocycles. The van der Waals surface area contributed by atoms with Gasteiger partial charge in [0.1, 0.15) is 11.3 Å². The molecule has 2 aromatic carbocycles. The minimum Gasteiger partial charge on any atom is -0.494 e. The van der Waals surface area contributed by atoms with E-state index in [-0.39, 0.29) is 12.3 Å². The predicted octanol–water partition coefficient (Wildman–Crippen LogP) is 4.22. The second-order valence-electron chi connectivity index (χ2n) is 5.40. The molecule has 0 amide bonds. The largest absolute Gasteiger partial charge is 0.494 e. The molecule has 0 bridgehead atoms. The van der Waals surface area contributed by atoms with E-state index in [1.165, 1.54) is 16.9 Å². The van der Waals surface area contributed by atoms with Crippen molar-refractivity contribution < 1.29 is 9.53 Å². The average molecular weight is 326 g/mol. The number of aryl methyl sites for hydroxylation is 2. The summed E-state index contributed by atoms with van der Waals surface area (Å²) >= 11 is 1.52. The Labute approximate surface area is 139 Å². The van der Waals surface area contributed by atoms with Crippen LogP contribution in [-0.2, 0) is 0 Å². The number of fused-ring (bicyclic) bond motifs is 1. The molecule has 1 N–H and O–H groups in total. The molecule has 0 radical (unpaired) electrons. The van der Waals surface area contributed by atoms with Gasteiger partial charge in [-0.15, -0.1) is 0 Å². The van der Waals surface area contributed by atoms with Gasteiger partial charge in [-0.3, -0.25) is 4.79 Å². The number of carbonyl (C=O) groups is 1. The molecule has 0 fully saturated rings. The molecule has 1 heterocycles. The molecule has 3 rings (SSSR count). The zero-order valence-corrected chi connectivity index (χ0v) is 14.2. The van der Waals surface area contributed by atoms with Crippen molar-refractivity contribution in [1.82, 2.24) is 4.98 Å². The van der Waals surface area contributed by atoms with Crippen LogP contribution in [0.15, 0.2) is 36.4 Å². The van der Waals surface area contributed by atoms with Gasteiger partial charge in [0.05, 0.1) is 18.4 Å². The summed E-state index contributed by atoms with van der Waals surface area (Å²) in [6, 6.07) is 11.6. The van der Waals surface area contributed by atoms with Gasteiger partial charge in [0.15, 0.2) is 10.9 Å². The molecule has 0 aliphatic rings. The van der Waals surface area contributed by atoms with Gasteiger partial charge in [0.2, 0.25) is 0 Å². The van der Waals surface area contributed by atoms with Crippen molar-refractivity contribution in [3.8, 4) is 5.75 Å². The van der Waals surface area contributed by atoms with E-state index in [4.69, 9.17) is 4.74 Å². The zero-order valence-electron chi connectivity index (χ0n) is 13.3. The number of benzene rings is 2. The third-order valence-electron chi connectivity index (χ3n) is 3.83. The first kappa shape index (κ1) is 15.5. The number of carbonyl (C=O) groups excluding carboxylic acids is 1. The fourth-order valence-electron chi connectivity index (χ4n) is 2.34. The Hall–Kier alpha value is -2.40. The molecule has 23 heavy (non-hydrogen) atoms. The summed E-state index contributed by atoms with van der Waals surface area (Å²) in [7, 11) is 1.63. The summed E-state index contributed by atoms with van der Waals surface area (Å²) in [4.78, 5) is 16.8. The second-order valence-corrected chi connectivity index (χ2v) is 6.43. The fourth-order valence-corrected chi connectivity index (χ4v) is 3.22. The minimum atomic E-state index is 0.0549. The van der Waals surface area contributed by atoms with Crippen LogP contribution < -0.4 is 10.1 Å². The summed E-state index contributed by atoms with van der Waals surface area (Å²) in [6.45, 7) is 4.28. The van der Waals surface area contributed by atoms with E-state index in [0.29, 0.717) is 0 Å². The Morgan fingerprint density at radius 3 is 2.78 bits per heavy atom. The van der Waals surface area contributed by atoms with E-state index in [1.807, 2.05) is 50.2 Å². The Kier molecular flexibility index (Phi) is 4.30. The van der Waals surface area contributed by atoms with Gasteiger partial charge in [-0.05, 0) is 43.2 Å². The van der Waals surface area contributed by atoms with E-state index in [9.17, 15) is 4.79 Å².